The highest BCUT2D eigenvalue weighted by Gasteiger charge is 2.18. The maximum Gasteiger partial charge on any atom is 0.307 e. The van der Waals surface area contributed by atoms with Gasteiger partial charge in [0.25, 0.3) is 5.91 Å². The molecular formula is C21H32N2O3. The number of amides is 1. The molecule has 1 aliphatic heterocycles. The van der Waals surface area contributed by atoms with Crippen LogP contribution in [0.5, 0.6) is 0 Å². The Morgan fingerprint density at radius 3 is 2.62 bits per heavy atom. The maximum atomic E-state index is 12.9. The number of likely N-dealkylation sites (tertiary alicyclic amines) is 1. The molecular weight excluding hydrogens is 328 g/mol. The molecule has 5 nitrogen and oxygen atoms in total. The van der Waals surface area contributed by atoms with E-state index in [9.17, 15) is 9.59 Å². The first-order chi connectivity index (χ1) is 12.6. The molecule has 144 valence electrons. The lowest BCUT2D eigenvalue weighted by atomic mass is 10.1. The summed E-state index contributed by atoms with van der Waals surface area (Å²) in [5.41, 5.74) is 1.75. The number of ether oxygens (including phenoxy) is 1. The van der Waals surface area contributed by atoms with E-state index < -0.39 is 0 Å². The molecule has 1 heterocycles. The molecule has 0 spiro atoms. The van der Waals surface area contributed by atoms with E-state index in [1.807, 2.05) is 31.2 Å². The fraction of sp³-hybridized carbons (Fsp3) is 0.619. The molecule has 1 saturated heterocycles. The second-order valence-electron chi connectivity index (χ2n) is 6.97. The summed E-state index contributed by atoms with van der Waals surface area (Å²) in [6, 6.07) is 7.64. The van der Waals surface area contributed by atoms with Crippen LogP contribution < -0.4 is 0 Å². The van der Waals surface area contributed by atoms with Crippen LogP contribution in [-0.2, 0) is 9.53 Å². The van der Waals surface area contributed by atoms with Crippen LogP contribution in [-0.4, -0.2) is 61.0 Å². The lowest BCUT2D eigenvalue weighted by Crippen LogP contribution is -2.34. The van der Waals surface area contributed by atoms with Crippen molar-refractivity contribution in [1.82, 2.24) is 9.80 Å². The van der Waals surface area contributed by atoms with E-state index in [0.717, 1.165) is 24.9 Å². The summed E-state index contributed by atoms with van der Waals surface area (Å²) >= 11 is 0. The predicted octanol–water partition coefficient (Wildman–Crippen LogP) is 3.27. The lowest BCUT2D eigenvalue weighted by Gasteiger charge is -2.23. The third kappa shape index (κ3) is 6.79. The van der Waals surface area contributed by atoms with Crippen molar-refractivity contribution in [3.05, 3.63) is 35.4 Å². The minimum atomic E-state index is -0.244. The monoisotopic (exact) mass is 360 g/mol. The second-order valence-corrected chi connectivity index (χ2v) is 6.97. The van der Waals surface area contributed by atoms with E-state index in [4.69, 9.17) is 4.74 Å². The molecule has 0 aromatic heterocycles. The molecule has 1 aliphatic rings. The van der Waals surface area contributed by atoms with Gasteiger partial charge in [-0.25, -0.2) is 0 Å². The Morgan fingerprint density at radius 1 is 1.15 bits per heavy atom. The van der Waals surface area contributed by atoms with Crippen LogP contribution in [0.25, 0.3) is 0 Å². The zero-order valence-electron chi connectivity index (χ0n) is 16.2. The van der Waals surface area contributed by atoms with Crippen molar-refractivity contribution in [3.8, 4) is 0 Å². The van der Waals surface area contributed by atoms with Crippen LogP contribution in [0.1, 0.15) is 54.9 Å². The summed E-state index contributed by atoms with van der Waals surface area (Å²) < 4.78 is 5.01. The zero-order valence-corrected chi connectivity index (χ0v) is 16.2. The minimum absolute atomic E-state index is 0.000768. The number of carbonyl (C=O) groups is 2. The summed E-state index contributed by atoms with van der Waals surface area (Å²) in [5.74, 6) is -0.245. The van der Waals surface area contributed by atoms with Crippen molar-refractivity contribution in [3.63, 3.8) is 0 Å². The molecule has 0 bridgehead atoms. The highest BCUT2D eigenvalue weighted by molar-refractivity contribution is 5.94. The van der Waals surface area contributed by atoms with Gasteiger partial charge in [-0.1, -0.05) is 17.7 Å². The van der Waals surface area contributed by atoms with Gasteiger partial charge in [-0.3, -0.25) is 9.59 Å². The van der Waals surface area contributed by atoms with Gasteiger partial charge in [0.15, 0.2) is 0 Å². The molecule has 0 N–H and O–H groups in total. The molecule has 1 aromatic carbocycles. The van der Waals surface area contributed by atoms with Crippen molar-refractivity contribution in [1.29, 1.82) is 0 Å². The van der Waals surface area contributed by atoms with Crippen LogP contribution in [0.15, 0.2) is 24.3 Å². The number of esters is 1. The molecule has 1 fully saturated rings. The molecule has 0 atom stereocenters. The average Bonchev–Trinajstić information content (AvgIpc) is 3.14. The molecule has 0 unspecified atom stereocenters. The van der Waals surface area contributed by atoms with E-state index in [1.165, 1.54) is 25.9 Å². The Morgan fingerprint density at radius 2 is 1.92 bits per heavy atom. The SMILES string of the molecule is CCOC(=O)CCN(CCCCN1CCCC1)C(=O)c1cccc(C)c1. The number of nitrogens with zero attached hydrogens (tertiary/aromatic N) is 2. The van der Waals surface area contributed by atoms with Crippen molar-refractivity contribution >= 4 is 11.9 Å². The minimum Gasteiger partial charge on any atom is -0.466 e. The summed E-state index contributed by atoms with van der Waals surface area (Å²) in [5, 5.41) is 0. The van der Waals surface area contributed by atoms with Gasteiger partial charge >= 0.3 is 5.97 Å². The van der Waals surface area contributed by atoms with Crippen LogP contribution >= 0.6 is 0 Å². The molecule has 0 aliphatic carbocycles. The summed E-state index contributed by atoms with van der Waals surface area (Å²) in [6.45, 7) is 8.76. The third-order valence-electron chi connectivity index (χ3n) is 4.79. The summed E-state index contributed by atoms with van der Waals surface area (Å²) in [6.07, 6.45) is 4.89. The van der Waals surface area contributed by atoms with Crippen LogP contribution in [0.2, 0.25) is 0 Å². The quantitative estimate of drug-likeness (QED) is 0.475. The highest BCUT2D eigenvalue weighted by atomic mass is 16.5. The summed E-state index contributed by atoms with van der Waals surface area (Å²) in [7, 11) is 0. The van der Waals surface area contributed by atoms with Gasteiger partial charge in [-0.05, 0) is 71.3 Å². The Hall–Kier alpha value is -1.88. The normalized spacial score (nSPS) is 14.4. The molecule has 2 rings (SSSR count). The van der Waals surface area contributed by atoms with Crippen molar-refractivity contribution in [2.24, 2.45) is 0 Å². The second kappa shape index (κ2) is 11.0. The van der Waals surface area contributed by atoms with Gasteiger partial charge < -0.3 is 14.5 Å². The summed E-state index contributed by atoms with van der Waals surface area (Å²) in [4.78, 5) is 28.9. The molecule has 5 heteroatoms. The number of aryl methyl sites for hydroxylation is 1. The van der Waals surface area contributed by atoms with Crippen LogP contribution in [0.3, 0.4) is 0 Å². The molecule has 26 heavy (non-hydrogen) atoms. The standard InChI is InChI=1S/C21H32N2O3/c1-3-26-20(24)11-16-23(15-7-6-14-22-12-4-5-13-22)21(25)19-10-8-9-18(2)17-19/h8-10,17H,3-7,11-16H2,1-2H3. The number of rotatable bonds is 10. The smallest absolute Gasteiger partial charge is 0.307 e. The van der Waals surface area contributed by atoms with Gasteiger partial charge in [0.05, 0.1) is 13.0 Å². The molecule has 0 radical (unpaired) electrons. The topological polar surface area (TPSA) is 49.9 Å². The number of unbranched alkanes of at least 4 members (excludes halogenated alkanes) is 1. The van der Waals surface area contributed by atoms with Crippen molar-refractivity contribution < 1.29 is 14.3 Å². The van der Waals surface area contributed by atoms with E-state index in [-0.39, 0.29) is 18.3 Å². The van der Waals surface area contributed by atoms with Gasteiger partial charge in [0.1, 0.15) is 0 Å². The highest BCUT2D eigenvalue weighted by Crippen LogP contribution is 2.12. The number of hydrogen-bond donors (Lipinski definition) is 0. The van der Waals surface area contributed by atoms with Crippen LogP contribution in [0, 0.1) is 6.92 Å². The largest absolute Gasteiger partial charge is 0.466 e. The van der Waals surface area contributed by atoms with E-state index in [0.29, 0.717) is 25.3 Å². The van der Waals surface area contributed by atoms with E-state index >= 15 is 0 Å². The molecule has 1 amide bonds. The molecule has 1 aromatic rings. The Balaban J connectivity index is 1.89. The number of carbonyl (C=O) groups excluding carboxylic acids is 2. The lowest BCUT2D eigenvalue weighted by molar-refractivity contribution is -0.143. The first-order valence-corrected chi connectivity index (χ1v) is 9.84. The van der Waals surface area contributed by atoms with Gasteiger partial charge in [0, 0.05) is 18.7 Å². The molecule has 0 saturated carbocycles. The third-order valence-corrected chi connectivity index (χ3v) is 4.79. The Bertz CT molecular complexity index is 582. The number of hydrogen-bond acceptors (Lipinski definition) is 4. The van der Waals surface area contributed by atoms with Gasteiger partial charge in [-0.15, -0.1) is 0 Å². The predicted molar refractivity (Wildman–Crippen MR) is 103 cm³/mol. The van der Waals surface area contributed by atoms with E-state index in [2.05, 4.69) is 4.90 Å². The fourth-order valence-electron chi connectivity index (χ4n) is 3.38. The van der Waals surface area contributed by atoms with E-state index in [1.54, 1.807) is 11.8 Å². The Labute approximate surface area is 157 Å². The average molecular weight is 360 g/mol. The Kier molecular flexibility index (Phi) is 8.62. The first-order valence-electron chi connectivity index (χ1n) is 9.84. The zero-order chi connectivity index (χ0) is 18.8. The van der Waals surface area contributed by atoms with Crippen LogP contribution in [0.4, 0.5) is 0 Å². The fourth-order valence-corrected chi connectivity index (χ4v) is 3.38. The first kappa shape index (κ1) is 20.4. The number of benzene rings is 1. The van der Waals surface area contributed by atoms with Gasteiger partial charge in [0.2, 0.25) is 0 Å². The maximum absolute atomic E-state index is 12.9. The van der Waals surface area contributed by atoms with Crippen molar-refractivity contribution in [2.75, 3.05) is 39.3 Å². The van der Waals surface area contributed by atoms with Gasteiger partial charge in [-0.2, -0.15) is 0 Å². The van der Waals surface area contributed by atoms with Crippen molar-refractivity contribution in [2.45, 2.75) is 46.0 Å².